The molecule has 1 N–H and O–H groups in total. The molecule has 0 saturated heterocycles. The van der Waals surface area contributed by atoms with Crippen LogP contribution < -0.4 is 9.46 Å². The first-order valence-electron chi connectivity index (χ1n) is 8.86. The summed E-state index contributed by atoms with van der Waals surface area (Å²) in [7, 11) is -2.83. The van der Waals surface area contributed by atoms with Crippen molar-refractivity contribution in [1.29, 1.82) is 0 Å². The minimum absolute atomic E-state index is 0.0704. The number of halogens is 4. The van der Waals surface area contributed by atoms with Crippen LogP contribution in [0.2, 0.25) is 0 Å². The molecule has 4 rings (SSSR count). The van der Waals surface area contributed by atoms with Crippen LogP contribution in [0, 0.1) is 5.82 Å². The van der Waals surface area contributed by atoms with E-state index in [4.69, 9.17) is 4.74 Å². The van der Waals surface area contributed by atoms with Crippen molar-refractivity contribution in [1.82, 2.24) is 9.97 Å². The zero-order chi connectivity index (χ0) is 23.1. The summed E-state index contributed by atoms with van der Waals surface area (Å²) in [5.41, 5.74) is -0.572. The first-order chi connectivity index (χ1) is 15.1. The van der Waals surface area contributed by atoms with Gasteiger partial charge in [0.2, 0.25) is 0 Å². The third kappa shape index (κ3) is 4.10. The number of ether oxygens (including phenoxy) is 1. The van der Waals surface area contributed by atoms with Crippen molar-refractivity contribution in [3.63, 3.8) is 0 Å². The van der Waals surface area contributed by atoms with E-state index < -0.39 is 27.6 Å². The summed E-state index contributed by atoms with van der Waals surface area (Å²) in [6.07, 6.45) is -2.27. The topological polar surface area (TPSA) is 81.2 Å². The molecule has 0 radical (unpaired) electrons. The molecule has 0 aliphatic rings. The highest BCUT2D eigenvalue weighted by Gasteiger charge is 2.31. The number of methoxy groups -OCH3 is 1. The second-order valence-electron chi connectivity index (χ2n) is 6.52. The van der Waals surface area contributed by atoms with Gasteiger partial charge in [-0.2, -0.15) is 13.2 Å². The number of rotatable bonds is 5. The fourth-order valence-electron chi connectivity index (χ4n) is 3.08. The average molecular weight is 483 g/mol. The predicted molar refractivity (Wildman–Crippen MR) is 112 cm³/mol. The van der Waals surface area contributed by atoms with Crippen molar-refractivity contribution in [2.24, 2.45) is 0 Å². The van der Waals surface area contributed by atoms with Gasteiger partial charge in [-0.1, -0.05) is 6.07 Å². The number of pyridine rings is 1. The summed E-state index contributed by atoms with van der Waals surface area (Å²) in [6, 6.07) is 6.58. The van der Waals surface area contributed by atoms with Crippen molar-refractivity contribution in [3.8, 4) is 17.0 Å². The Labute approximate surface area is 183 Å². The third-order valence-corrected chi connectivity index (χ3v) is 6.71. The van der Waals surface area contributed by atoms with Crippen molar-refractivity contribution >= 4 is 37.3 Å². The first kappa shape index (κ1) is 22.0. The van der Waals surface area contributed by atoms with Gasteiger partial charge in [0.1, 0.15) is 11.6 Å². The maximum Gasteiger partial charge on any atom is 0.416 e. The van der Waals surface area contributed by atoms with E-state index in [1.54, 1.807) is 5.38 Å². The van der Waals surface area contributed by atoms with E-state index in [2.05, 4.69) is 14.7 Å². The van der Waals surface area contributed by atoms with E-state index >= 15 is 0 Å². The fraction of sp³-hybridized carbons (Fsp3) is 0.100. The molecule has 2 aromatic carbocycles. The molecule has 0 bridgehead atoms. The number of anilines is 1. The molecule has 0 aliphatic heterocycles. The Hall–Kier alpha value is -3.25. The summed E-state index contributed by atoms with van der Waals surface area (Å²) in [4.78, 5) is 7.66. The van der Waals surface area contributed by atoms with Crippen LogP contribution in [0.5, 0.6) is 5.75 Å². The standard InChI is InChI=1S/C20H13F4N3O3S2/c1-30-17-8-11(20(22,23)24)2-4-14(17)18-13-5-3-12(9-15(13)16(21)10-26-18)32(28,29)27-19-25-6-7-31-19/h2-10H,1H3,(H,25,27). The van der Waals surface area contributed by atoms with Crippen LogP contribution in [0.3, 0.4) is 0 Å². The molecule has 2 aromatic heterocycles. The summed E-state index contributed by atoms with van der Waals surface area (Å²) in [6.45, 7) is 0. The van der Waals surface area contributed by atoms with Crippen molar-refractivity contribution in [3.05, 3.63) is 65.6 Å². The molecule has 0 atom stereocenters. The molecule has 2 heterocycles. The summed E-state index contributed by atoms with van der Waals surface area (Å²) in [5.74, 6) is -0.900. The number of nitrogens with one attached hydrogen (secondary N) is 1. The number of benzene rings is 2. The molecule has 4 aromatic rings. The lowest BCUT2D eigenvalue weighted by Gasteiger charge is -2.14. The van der Waals surface area contributed by atoms with Gasteiger partial charge < -0.3 is 4.74 Å². The Kier molecular flexibility index (Phi) is 5.51. The smallest absolute Gasteiger partial charge is 0.416 e. The van der Waals surface area contributed by atoms with E-state index in [1.165, 1.54) is 31.5 Å². The van der Waals surface area contributed by atoms with Gasteiger partial charge in [-0.15, -0.1) is 11.3 Å². The van der Waals surface area contributed by atoms with Gasteiger partial charge in [-0.3, -0.25) is 9.71 Å². The summed E-state index contributed by atoms with van der Waals surface area (Å²) in [5, 5.41) is 1.87. The highest BCUT2D eigenvalue weighted by atomic mass is 32.2. The van der Waals surface area contributed by atoms with Crippen LogP contribution in [0.25, 0.3) is 22.0 Å². The largest absolute Gasteiger partial charge is 0.496 e. The van der Waals surface area contributed by atoms with Gasteiger partial charge in [-0.25, -0.2) is 17.8 Å². The van der Waals surface area contributed by atoms with Crippen LogP contribution in [0.4, 0.5) is 22.7 Å². The molecule has 0 saturated carbocycles. The number of hydrogen-bond donors (Lipinski definition) is 1. The maximum atomic E-state index is 14.6. The van der Waals surface area contributed by atoms with Gasteiger partial charge in [0.05, 0.1) is 29.5 Å². The number of fused-ring (bicyclic) bond motifs is 1. The summed E-state index contributed by atoms with van der Waals surface area (Å²) < 4.78 is 86.4. The molecule has 0 fully saturated rings. The Morgan fingerprint density at radius 1 is 1.06 bits per heavy atom. The van der Waals surface area contributed by atoms with Gasteiger partial charge in [-0.05, 0) is 30.3 Å². The number of aromatic nitrogens is 2. The van der Waals surface area contributed by atoms with E-state index in [-0.39, 0.29) is 37.8 Å². The molecule has 6 nitrogen and oxygen atoms in total. The van der Waals surface area contributed by atoms with Gasteiger partial charge in [0, 0.05) is 27.9 Å². The molecular weight excluding hydrogens is 470 g/mol. The quantitative estimate of drug-likeness (QED) is 0.389. The first-order valence-corrected chi connectivity index (χ1v) is 11.2. The second kappa shape index (κ2) is 8.02. The van der Waals surface area contributed by atoms with Crippen LogP contribution in [-0.2, 0) is 16.2 Å². The fourth-order valence-corrected chi connectivity index (χ4v) is 4.89. The molecule has 0 unspecified atom stereocenters. The molecule has 0 aliphatic carbocycles. The number of nitrogens with zero attached hydrogens (tertiary/aromatic N) is 2. The zero-order valence-corrected chi connectivity index (χ0v) is 17.8. The van der Waals surface area contributed by atoms with Gasteiger partial charge in [0.25, 0.3) is 10.0 Å². The SMILES string of the molecule is COc1cc(C(F)(F)F)ccc1-c1ncc(F)c2cc(S(=O)(=O)Nc3nccs3)ccc12. The number of alkyl halides is 3. The Morgan fingerprint density at radius 2 is 1.84 bits per heavy atom. The van der Waals surface area contributed by atoms with Crippen molar-refractivity contribution in [2.45, 2.75) is 11.1 Å². The maximum absolute atomic E-state index is 14.6. The van der Waals surface area contributed by atoms with Crippen LogP contribution in [-0.4, -0.2) is 25.5 Å². The normalized spacial score (nSPS) is 12.2. The number of sulfonamides is 1. The van der Waals surface area contributed by atoms with Crippen molar-refractivity contribution in [2.75, 3.05) is 11.8 Å². The molecule has 0 amide bonds. The minimum Gasteiger partial charge on any atom is -0.496 e. The lowest BCUT2D eigenvalue weighted by Crippen LogP contribution is -2.12. The molecule has 0 spiro atoms. The predicted octanol–water partition coefficient (Wildman–Crippen LogP) is 5.33. The molecular formula is C20H13F4N3O3S2. The summed E-state index contributed by atoms with van der Waals surface area (Å²) >= 11 is 1.08. The molecule has 166 valence electrons. The van der Waals surface area contributed by atoms with Crippen molar-refractivity contribution < 1.29 is 30.7 Å². The monoisotopic (exact) mass is 483 g/mol. The van der Waals surface area contributed by atoms with Crippen LogP contribution in [0.1, 0.15) is 5.56 Å². The van der Waals surface area contributed by atoms with E-state index in [9.17, 15) is 26.0 Å². The highest BCUT2D eigenvalue weighted by Crippen LogP contribution is 2.39. The molecule has 12 heteroatoms. The Bertz CT molecular complexity index is 1410. The zero-order valence-electron chi connectivity index (χ0n) is 16.1. The van der Waals surface area contributed by atoms with E-state index in [1.807, 2.05) is 0 Å². The second-order valence-corrected chi connectivity index (χ2v) is 9.09. The number of thiazole rings is 1. The van der Waals surface area contributed by atoms with Gasteiger partial charge in [0.15, 0.2) is 5.13 Å². The molecule has 32 heavy (non-hydrogen) atoms. The van der Waals surface area contributed by atoms with Gasteiger partial charge >= 0.3 is 6.18 Å². The number of hydrogen-bond acceptors (Lipinski definition) is 6. The third-order valence-electron chi connectivity index (χ3n) is 4.56. The Morgan fingerprint density at radius 3 is 2.50 bits per heavy atom. The minimum atomic E-state index is -4.57. The highest BCUT2D eigenvalue weighted by molar-refractivity contribution is 7.93. The lowest BCUT2D eigenvalue weighted by atomic mass is 10.0. The van der Waals surface area contributed by atoms with Crippen LogP contribution in [0.15, 0.2) is 59.1 Å². The van der Waals surface area contributed by atoms with E-state index in [0.717, 1.165) is 35.7 Å². The van der Waals surface area contributed by atoms with E-state index in [0.29, 0.717) is 0 Å². The van der Waals surface area contributed by atoms with Crippen LogP contribution >= 0.6 is 11.3 Å². The lowest BCUT2D eigenvalue weighted by molar-refractivity contribution is -0.137. The Balaban J connectivity index is 1.84. The average Bonchev–Trinajstić information content (AvgIpc) is 3.25.